The molecule has 0 aromatic heterocycles. The fourth-order valence-corrected chi connectivity index (χ4v) is 1.78. The third-order valence-corrected chi connectivity index (χ3v) is 2.58. The lowest BCUT2D eigenvalue weighted by atomic mass is 9.97. The van der Waals surface area contributed by atoms with E-state index in [0.717, 1.165) is 0 Å². The maximum Gasteiger partial charge on any atom is 0.217 e. The van der Waals surface area contributed by atoms with Crippen LogP contribution in [0.25, 0.3) is 0 Å². The molecular weight excluding hydrogens is 230 g/mol. The van der Waals surface area contributed by atoms with Crippen LogP contribution >= 0.6 is 0 Å². The molecule has 0 aromatic rings. The summed E-state index contributed by atoms with van der Waals surface area (Å²) < 4.78 is 10.5. The van der Waals surface area contributed by atoms with Crippen LogP contribution in [-0.2, 0) is 14.3 Å². The summed E-state index contributed by atoms with van der Waals surface area (Å²) in [5.74, 6) is -0.364. The molecule has 4 N–H and O–H groups in total. The summed E-state index contributed by atoms with van der Waals surface area (Å²) in [5.41, 5.74) is 0. The van der Waals surface area contributed by atoms with Gasteiger partial charge in [-0.25, -0.2) is 0 Å². The molecule has 1 aliphatic rings. The van der Waals surface area contributed by atoms with Gasteiger partial charge in [0.05, 0.1) is 6.61 Å². The Morgan fingerprint density at radius 3 is 2.53 bits per heavy atom. The van der Waals surface area contributed by atoms with Crippen LogP contribution in [-0.4, -0.2) is 65.1 Å². The van der Waals surface area contributed by atoms with Gasteiger partial charge in [0.1, 0.15) is 24.4 Å². The van der Waals surface area contributed by atoms with Gasteiger partial charge in [0.2, 0.25) is 5.91 Å². The Hall–Kier alpha value is -0.730. The number of ether oxygens (including phenoxy) is 2. The van der Waals surface area contributed by atoms with E-state index in [0.29, 0.717) is 6.61 Å². The van der Waals surface area contributed by atoms with Crippen LogP contribution in [0.15, 0.2) is 0 Å². The van der Waals surface area contributed by atoms with Crippen LogP contribution in [0, 0.1) is 0 Å². The van der Waals surface area contributed by atoms with Crippen LogP contribution in [0.2, 0.25) is 0 Å². The van der Waals surface area contributed by atoms with E-state index < -0.39 is 37.3 Å². The minimum atomic E-state index is -1.27. The molecule has 0 radical (unpaired) electrons. The van der Waals surface area contributed by atoms with Gasteiger partial charge in [-0.05, 0) is 6.92 Å². The van der Waals surface area contributed by atoms with E-state index >= 15 is 0 Å². The standard InChI is InChI=1S/C10H19NO6/c1-3-16-10-7(11-5(2)13)9(15)8(14)6(4-12)17-10/h6-10,12,14-15H,3-4H2,1-2H3,(H,11,13)/t6-,7+,8-,9+,10+/m1/s1. The second kappa shape index (κ2) is 6.27. The summed E-state index contributed by atoms with van der Waals surface area (Å²) in [6, 6.07) is -0.856. The molecule has 100 valence electrons. The number of nitrogens with one attached hydrogen (secondary N) is 1. The first-order valence-electron chi connectivity index (χ1n) is 5.52. The van der Waals surface area contributed by atoms with E-state index in [1.54, 1.807) is 6.92 Å². The number of hydrogen-bond donors (Lipinski definition) is 4. The molecule has 0 saturated carbocycles. The third-order valence-electron chi connectivity index (χ3n) is 2.58. The first-order chi connectivity index (χ1) is 8.01. The van der Waals surface area contributed by atoms with Gasteiger partial charge in [0.25, 0.3) is 0 Å². The van der Waals surface area contributed by atoms with Crippen molar-refractivity contribution in [2.24, 2.45) is 0 Å². The topological polar surface area (TPSA) is 108 Å². The Morgan fingerprint density at radius 1 is 1.41 bits per heavy atom. The SMILES string of the molecule is CCO[C@H]1O[C@H](CO)[C@@H](O)[C@@H](O)[C@@H]1NC(C)=O. The van der Waals surface area contributed by atoms with Crippen molar-refractivity contribution in [2.75, 3.05) is 13.2 Å². The first kappa shape index (κ1) is 14.3. The van der Waals surface area contributed by atoms with Gasteiger partial charge < -0.3 is 30.1 Å². The Labute approximate surface area is 99.3 Å². The quantitative estimate of drug-likeness (QED) is 0.457. The van der Waals surface area contributed by atoms with Crippen molar-refractivity contribution in [3.05, 3.63) is 0 Å². The van der Waals surface area contributed by atoms with Crippen LogP contribution in [0.3, 0.4) is 0 Å². The predicted molar refractivity (Wildman–Crippen MR) is 57.0 cm³/mol. The summed E-state index contributed by atoms with van der Waals surface area (Å²) in [7, 11) is 0. The molecule has 17 heavy (non-hydrogen) atoms. The molecule has 1 aliphatic heterocycles. The van der Waals surface area contributed by atoms with Crippen LogP contribution in [0.1, 0.15) is 13.8 Å². The van der Waals surface area contributed by atoms with Crippen LogP contribution < -0.4 is 5.32 Å². The van der Waals surface area contributed by atoms with Crippen molar-refractivity contribution in [3.63, 3.8) is 0 Å². The lowest BCUT2D eigenvalue weighted by Crippen LogP contribution is -2.64. The molecule has 0 aliphatic carbocycles. The summed E-state index contributed by atoms with van der Waals surface area (Å²) in [6.07, 6.45) is -4.33. The number of rotatable bonds is 4. The Kier molecular flexibility index (Phi) is 5.29. The second-order valence-corrected chi connectivity index (χ2v) is 3.89. The average molecular weight is 249 g/mol. The molecule has 0 aromatic carbocycles. The van der Waals surface area contributed by atoms with E-state index in [9.17, 15) is 15.0 Å². The third kappa shape index (κ3) is 3.36. The highest BCUT2D eigenvalue weighted by atomic mass is 16.7. The van der Waals surface area contributed by atoms with Crippen molar-refractivity contribution >= 4 is 5.91 Å². The molecule has 1 heterocycles. The van der Waals surface area contributed by atoms with Crippen molar-refractivity contribution in [1.82, 2.24) is 5.32 Å². The smallest absolute Gasteiger partial charge is 0.217 e. The summed E-state index contributed by atoms with van der Waals surface area (Å²) in [5, 5.41) is 31.0. The molecule has 5 atom stereocenters. The molecule has 0 spiro atoms. The maximum absolute atomic E-state index is 11.0. The number of carbonyl (C=O) groups excluding carboxylic acids is 1. The molecule has 1 fully saturated rings. The first-order valence-corrected chi connectivity index (χ1v) is 5.52. The minimum Gasteiger partial charge on any atom is -0.394 e. The van der Waals surface area contributed by atoms with Gasteiger partial charge in [-0.3, -0.25) is 4.79 Å². The van der Waals surface area contributed by atoms with Gasteiger partial charge in [0.15, 0.2) is 6.29 Å². The summed E-state index contributed by atoms with van der Waals surface area (Å²) in [6.45, 7) is 2.91. The van der Waals surface area contributed by atoms with Crippen LogP contribution in [0.5, 0.6) is 0 Å². The van der Waals surface area contributed by atoms with E-state index in [1.165, 1.54) is 6.92 Å². The van der Waals surface area contributed by atoms with Crippen molar-refractivity contribution in [2.45, 2.75) is 44.5 Å². The molecule has 1 amide bonds. The fraction of sp³-hybridized carbons (Fsp3) is 0.900. The van der Waals surface area contributed by atoms with Crippen LogP contribution in [0.4, 0.5) is 0 Å². The van der Waals surface area contributed by atoms with E-state index in [4.69, 9.17) is 14.6 Å². The highest BCUT2D eigenvalue weighted by Crippen LogP contribution is 2.21. The number of aliphatic hydroxyl groups excluding tert-OH is 3. The predicted octanol–water partition coefficient (Wildman–Crippen LogP) is -2.03. The highest BCUT2D eigenvalue weighted by Gasteiger charge is 2.45. The summed E-state index contributed by atoms with van der Waals surface area (Å²) >= 11 is 0. The van der Waals surface area contributed by atoms with E-state index in [1.807, 2.05) is 0 Å². The average Bonchev–Trinajstić information content (AvgIpc) is 2.28. The number of carbonyl (C=O) groups is 1. The molecule has 1 saturated heterocycles. The lowest BCUT2D eigenvalue weighted by molar-refractivity contribution is -0.268. The number of hydrogen-bond acceptors (Lipinski definition) is 6. The van der Waals surface area contributed by atoms with E-state index in [-0.39, 0.29) is 5.91 Å². The molecular formula is C10H19NO6. The van der Waals surface area contributed by atoms with Gasteiger partial charge in [-0.2, -0.15) is 0 Å². The monoisotopic (exact) mass is 249 g/mol. The Morgan fingerprint density at radius 2 is 2.06 bits per heavy atom. The van der Waals surface area contributed by atoms with Crippen molar-refractivity contribution < 1.29 is 29.6 Å². The molecule has 7 heteroatoms. The lowest BCUT2D eigenvalue weighted by Gasteiger charge is -2.42. The van der Waals surface area contributed by atoms with Crippen molar-refractivity contribution in [1.29, 1.82) is 0 Å². The van der Waals surface area contributed by atoms with Gasteiger partial charge in [-0.15, -0.1) is 0 Å². The minimum absolute atomic E-state index is 0.321. The zero-order valence-corrected chi connectivity index (χ0v) is 9.87. The molecule has 0 unspecified atom stereocenters. The normalized spacial score (nSPS) is 37.8. The zero-order valence-electron chi connectivity index (χ0n) is 9.87. The molecule has 1 rings (SSSR count). The number of aliphatic hydroxyl groups is 3. The largest absolute Gasteiger partial charge is 0.394 e. The zero-order chi connectivity index (χ0) is 13.0. The second-order valence-electron chi connectivity index (χ2n) is 3.89. The molecule has 7 nitrogen and oxygen atoms in total. The van der Waals surface area contributed by atoms with Gasteiger partial charge in [-0.1, -0.05) is 0 Å². The number of amides is 1. The fourth-order valence-electron chi connectivity index (χ4n) is 1.78. The molecule has 0 bridgehead atoms. The maximum atomic E-state index is 11.0. The Balaban J connectivity index is 2.78. The Bertz CT molecular complexity index is 261. The summed E-state index contributed by atoms with van der Waals surface area (Å²) in [4.78, 5) is 11.0. The van der Waals surface area contributed by atoms with Gasteiger partial charge in [0, 0.05) is 13.5 Å². The van der Waals surface area contributed by atoms with E-state index in [2.05, 4.69) is 5.32 Å². The van der Waals surface area contributed by atoms with Gasteiger partial charge >= 0.3 is 0 Å². The highest BCUT2D eigenvalue weighted by molar-refractivity contribution is 5.73. The van der Waals surface area contributed by atoms with Crippen molar-refractivity contribution in [3.8, 4) is 0 Å².